The van der Waals surface area contributed by atoms with Crippen LogP contribution in [-0.4, -0.2) is 17.6 Å². The number of alkyl halides is 1. The van der Waals surface area contributed by atoms with Crippen LogP contribution in [0.25, 0.3) is 0 Å². The SMILES string of the molecule is CCCC1CCCCN1c1cnccc1CCl. The molecular weight excluding hydrogens is 232 g/mol. The predicted octanol–water partition coefficient (Wildman–Crippen LogP) is 3.98. The lowest BCUT2D eigenvalue weighted by atomic mass is 9.97. The Morgan fingerprint density at radius 1 is 1.47 bits per heavy atom. The van der Waals surface area contributed by atoms with E-state index >= 15 is 0 Å². The summed E-state index contributed by atoms with van der Waals surface area (Å²) in [6, 6.07) is 2.72. The predicted molar refractivity (Wildman–Crippen MR) is 73.7 cm³/mol. The molecule has 0 aliphatic carbocycles. The summed E-state index contributed by atoms with van der Waals surface area (Å²) in [5.74, 6) is 0.577. The zero-order valence-electron chi connectivity index (χ0n) is 10.5. The molecular formula is C14H21ClN2. The van der Waals surface area contributed by atoms with E-state index in [9.17, 15) is 0 Å². The van der Waals surface area contributed by atoms with Crippen LogP contribution in [0.2, 0.25) is 0 Å². The Kier molecular flexibility index (Phi) is 4.66. The lowest BCUT2D eigenvalue weighted by Gasteiger charge is -2.38. The third-order valence-electron chi connectivity index (χ3n) is 3.59. The normalized spacial score (nSPS) is 20.6. The van der Waals surface area contributed by atoms with Crippen LogP contribution in [0.5, 0.6) is 0 Å². The summed E-state index contributed by atoms with van der Waals surface area (Å²) in [5.41, 5.74) is 2.46. The average Bonchev–Trinajstić information content (AvgIpc) is 2.40. The Labute approximate surface area is 109 Å². The van der Waals surface area contributed by atoms with Crippen molar-refractivity contribution in [3.8, 4) is 0 Å². The number of hydrogen-bond donors (Lipinski definition) is 0. The quantitative estimate of drug-likeness (QED) is 0.754. The largest absolute Gasteiger partial charge is 0.367 e. The fraction of sp³-hybridized carbons (Fsp3) is 0.643. The molecule has 2 heterocycles. The minimum atomic E-state index is 0.577. The van der Waals surface area contributed by atoms with Crippen molar-refractivity contribution in [1.82, 2.24) is 4.98 Å². The average molecular weight is 253 g/mol. The van der Waals surface area contributed by atoms with Crippen molar-refractivity contribution in [3.63, 3.8) is 0 Å². The summed E-state index contributed by atoms with van der Waals surface area (Å²) in [5, 5.41) is 0. The molecule has 1 unspecified atom stereocenters. The highest BCUT2D eigenvalue weighted by Crippen LogP contribution is 2.29. The van der Waals surface area contributed by atoms with Gasteiger partial charge in [0.2, 0.25) is 0 Å². The fourth-order valence-corrected chi connectivity index (χ4v) is 2.96. The highest BCUT2D eigenvalue weighted by Gasteiger charge is 2.23. The van der Waals surface area contributed by atoms with Crippen molar-refractivity contribution in [2.75, 3.05) is 11.4 Å². The third-order valence-corrected chi connectivity index (χ3v) is 3.88. The number of hydrogen-bond acceptors (Lipinski definition) is 2. The molecule has 2 nitrogen and oxygen atoms in total. The van der Waals surface area contributed by atoms with E-state index < -0.39 is 0 Å². The number of pyridine rings is 1. The van der Waals surface area contributed by atoms with Crippen LogP contribution in [0.15, 0.2) is 18.5 Å². The highest BCUT2D eigenvalue weighted by atomic mass is 35.5. The molecule has 0 amide bonds. The lowest BCUT2D eigenvalue weighted by molar-refractivity contribution is 0.434. The molecule has 0 N–H and O–H groups in total. The smallest absolute Gasteiger partial charge is 0.0600 e. The van der Waals surface area contributed by atoms with E-state index in [1.54, 1.807) is 0 Å². The number of anilines is 1. The van der Waals surface area contributed by atoms with Gasteiger partial charge in [0.05, 0.1) is 11.9 Å². The summed E-state index contributed by atoms with van der Waals surface area (Å²) in [6.07, 6.45) is 10.3. The van der Waals surface area contributed by atoms with Crippen LogP contribution in [0.1, 0.15) is 44.6 Å². The van der Waals surface area contributed by atoms with E-state index in [-0.39, 0.29) is 0 Å². The molecule has 0 radical (unpaired) electrons. The van der Waals surface area contributed by atoms with Gasteiger partial charge in [0.15, 0.2) is 0 Å². The van der Waals surface area contributed by atoms with Crippen LogP contribution < -0.4 is 4.90 Å². The fourth-order valence-electron chi connectivity index (χ4n) is 2.74. The number of nitrogens with zero attached hydrogens (tertiary/aromatic N) is 2. The van der Waals surface area contributed by atoms with Gasteiger partial charge in [0, 0.05) is 24.7 Å². The molecule has 1 aromatic heterocycles. The summed E-state index contributed by atoms with van der Waals surface area (Å²) >= 11 is 6.02. The molecule has 17 heavy (non-hydrogen) atoms. The maximum atomic E-state index is 6.02. The van der Waals surface area contributed by atoms with E-state index in [1.165, 1.54) is 43.4 Å². The molecule has 0 saturated carbocycles. The van der Waals surface area contributed by atoms with E-state index in [0.717, 1.165) is 6.54 Å². The molecule has 0 spiro atoms. The van der Waals surface area contributed by atoms with Gasteiger partial charge in [-0.15, -0.1) is 11.6 Å². The maximum absolute atomic E-state index is 6.02. The van der Waals surface area contributed by atoms with Gasteiger partial charge in [-0.25, -0.2) is 0 Å². The molecule has 0 aromatic carbocycles. The molecule has 1 aliphatic heterocycles. The zero-order chi connectivity index (χ0) is 12.1. The minimum Gasteiger partial charge on any atom is -0.367 e. The number of aromatic nitrogens is 1. The van der Waals surface area contributed by atoms with Gasteiger partial charge in [-0.05, 0) is 37.3 Å². The molecule has 1 fully saturated rings. The van der Waals surface area contributed by atoms with Gasteiger partial charge in [-0.3, -0.25) is 4.98 Å². The van der Waals surface area contributed by atoms with E-state index in [1.807, 2.05) is 18.5 Å². The molecule has 1 saturated heterocycles. The third kappa shape index (κ3) is 2.92. The standard InChI is InChI=1S/C14H21ClN2/c1-2-5-13-6-3-4-9-17(13)14-11-16-8-7-12(14)10-15/h7-8,11,13H,2-6,9-10H2,1H3. The van der Waals surface area contributed by atoms with E-state index in [2.05, 4.69) is 16.8 Å². The Balaban J connectivity index is 2.22. The first-order valence-electron chi connectivity index (χ1n) is 6.62. The van der Waals surface area contributed by atoms with Gasteiger partial charge < -0.3 is 4.90 Å². The van der Waals surface area contributed by atoms with Gasteiger partial charge in [-0.2, -0.15) is 0 Å². The summed E-state index contributed by atoms with van der Waals surface area (Å²) in [4.78, 5) is 6.79. The van der Waals surface area contributed by atoms with Crippen molar-refractivity contribution >= 4 is 17.3 Å². The first-order valence-corrected chi connectivity index (χ1v) is 7.15. The number of halogens is 1. The van der Waals surface area contributed by atoms with Gasteiger partial charge in [0.25, 0.3) is 0 Å². The van der Waals surface area contributed by atoms with E-state index in [0.29, 0.717) is 11.9 Å². The molecule has 1 aliphatic rings. The van der Waals surface area contributed by atoms with Crippen LogP contribution in [0.4, 0.5) is 5.69 Å². The van der Waals surface area contributed by atoms with Crippen LogP contribution >= 0.6 is 11.6 Å². The highest BCUT2D eigenvalue weighted by molar-refractivity contribution is 6.17. The first kappa shape index (κ1) is 12.7. The van der Waals surface area contributed by atoms with Crippen molar-refractivity contribution < 1.29 is 0 Å². The molecule has 1 aromatic rings. The maximum Gasteiger partial charge on any atom is 0.0600 e. The monoisotopic (exact) mass is 252 g/mol. The summed E-state index contributed by atoms with van der Waals surface area (Å²) in [6.45, 7) is 3.42. The van der Waals surface area contributed by atoms with Crippen LogP contribution in [0, 0.1) is 0 Å². The van der Waals surface area contributed by atoms with E-state index in [4.69, 9.17) is 11.6 Å². The van der Waals surface area contributed by atoms with Crippen molar-refractivity contribution in [2.45, 2.75) is 50.9 Å². The molecule has 3 heteroatoms. The van der Waals surface area contributed by atoms with Crippen molar-refractivity contribution in [1.29, 1.82) is 0 Å². The lowest BCUT2D eigenvalue weighted by Crippen LogP contribution is -2.40. The number of rotatable bonds is 4. The summed E-state index contributed by atoms with van der Waals surface area (Å²) in [7, 11) is 0. The van der Waals surface area contributed by atoms with Crippen molar-refractivity contribution in [3.05, 3.63) is 24.0 Å². The van der Waals surface area contributed by atoms with Gasteiger partial charge in [-0.1, -0.05) is 13.3 Å². The second-order valence-corrected chi connectivity index (χ2v) is 5.04. The second-order valence-electron chi connectivity index (χ2n) is 4.77. The van der Waals surface area contributed by atoms with Gasteiger partial charge in [0.1, 0.15) is 0 Å². The Morgan fingerprint density at radius 3 is 3.12 bits per heavy atom. The summed E-state index contributed by atoms with van der Waals surface area (Å²) < 4.78 is 0. The molecule has 1 atom stereocenters. The van der Waals surface area contributed by atoms with Crippen LogP contribution in [0.3, 0.4) is 0 Å². The minimum absolute atomic E-state index is 0.577. The van der Waals surface area contributed by atoms with Gasteiger partial charge >= 0.3 is 0 Å². The first-order chi connectivity index (χ1) is 8.36. The van der Waals surface area contributed by atoms with Crippen molar-refractivity contribution in [2.24, 2.45) is 0 Å². The Hall–Kier alpha value is -0.760. The Bertz CT molecular complexity index is 352. The molecule has 2 rings (SSSR count). The zero-order valence-corrected chi connectivity index (χ0v) is 11.3. The molecule has 94 valence electrons. The van der Waals surface area contributed by atoms with Crippen LogP contribution in [-0.2, 0) is 5.88 Å². The molecule has 0 bridgehead atoms. The number of piperidine rings is 1. The topological polar surface area (TPSA) is 16.1 Å². The Morgan fingerprint density at radius 2 is 2.35 bits per heavy atom. The second kappa shape index (κ2) is 6.25.